The van der Waals surface area contributed by atoms with Gasteiger partial charge in [0, 0.05) is 13.5 Å². The lowest BCUT2D eigenvalue weighted by Gasteiger charge is -2.09. The molecule has 0 spiro atoms. The normalized spacial score (nSPS) is 10.6. The second-order valence-corrected chi connectivity index (χ2v) is 6.66. The first kappa shape index (κ1) is 25.1. The summed E-state index contributed by atoms with van der Waals surface area (Å²) in [6.07, 6.45) is 6.27. The lowest BCUT2D eigenvalue weighted by atomic mass is 10.2. The van der Waals surface area contributed by atoms with Gasteiger partial charge in [0.05, 0.1) is 12.2 Å². The number of hydrogen-bond donors (Lipinski definition) is 2. The third kappa shape index (κ3) is 8.58. The standard InChI is InChI=1S/C12H17N3O2S.C8H7F2NO/c1-5-6-9(18-4)7-10-14-8(2)11(16)12(15-10)17-13-3;9-8-3-1-7(2-4-8)5-11(10)6-12/h5-6,13,16H,1,7H2,2-4H3;1-4,6H,5H2/b9-6-;. The highest BCUT2D eigenvalue weighted by molar-refractivity contribution is 8.02. The molecular formula is C20H24F2N4O3S. The van der Waals surface area contributed by atoms with E-state index in [9.17, 15) is 18.8 Å². The molecule has 30 heavy (non-hydrogen) atoms. The summed E-state index contributed by atoms with van der Waals surface area (Å²) in [5, 5.41) is 9.72. The Morgan fingerprint density at radius 3 is 2.57 bits per heavy atom. The number of allylic oxidation sites excluding steroid dienone is 3. The number of benzene rings is 1. The number of rotatable bonds is 9. The van der Waals surface area contributed by atoms with Gasteiger partial charge < -0.3 is 9.94 Å². The highest BCUT2D eigenvalue weighted by Gasteiger charge is 2.12. The van der Waals surface area contributed by atoms with E-state index in [1.807, 2.05) is 12.3 Å². The van der Waals surface area contributed by atoms with Crippen molar-refractivity contribution < 1.29 is 23.6 Å². The van der Waals surface area contributed by atoms with E-state index in [0.717, 1.165) is 4.91 Å². The minimum Gasteiger partial charge on any atom is -0.502 e. The average molecular weight is 439 g/mol. The first-order valence-electron chi connectivity index (χ1n) is 8.72. The summed E-state index contributed by atoms with van der Waals surface area (Å²) in [6.45, 7) is 5.22. The first-order valence-corrected chi connectivity index (χ1v) is 9.94. The summed E-state index contributed by atoms with van der Waals surface area (Å²) in [5.74, 6) is 0.304. The molecule has 1 heterocycles. The highest BCUT2D eigenvalue weighted by Crippen LogP contribution is 2.27. The third-order valence-electron chi connectivity index (χ3n) is 3.53. The number of amides is 1. The Labute approximate surface area is 178 Å². The SMILES string of the molecule is C=C/C=C(/Cc1nc(C)c(O)c(ONC)n1)SC.O=CN(F)Cc1ccc(F)cc1. The van der Waals surface area contributed by atoms with E-state index < -0.39 is 0 Å². The summed E-state index contributed by atoms with van der Waals surface area (Å²) in [7, 11) is 1.60. The van der Waals surface area contributed by atoms with Gasteiger partial charge in [-0.15, -0.1) is 11.8 Å². The van der Waals surface area contributed by atoms with Crippen molar-refractivity contribution in [2.45, 2.75) is 19.9 Å². The predicted molar refractivity (Wildman–Crippen MR) is 113 cm³/mol. The highest BCUT2D eigenvalue weighted by atomic mass is 32.2. The van der Waals surface area contributed by atoms with Crippen molar-refractivity contribution >= 4 is 18.2 Å². The number of aromatic nitrogens is 2. The van der Waals surface area contributed by atoms with Crippen molar-refractivity contribution in [2.24, 2.45) is 0 Å². The molecule has 0 unspecified atom stereocenters. The Morgan fingerprint density at radius 2 is 2.03 bits per heavy atom. The van der Waals surface area contributed by atoms with Crippen LogP contribution >= 0.6 is 11.8 Å². The fraction of sp³-hybridized carbons (Fsp3) is 0.250. The maximum atomic E-state index is 12.3. The molecule has 10 heteroatoms. The summed E-state index contributed by atoms with van der Waals surface area (Å²) >= 11 is 1.61. The van der Waals surface area contributed by atoms with Crippen molar-refractivity contribution in [2.75, 3.05) is 13.3 Å². The van der Waals surface area contributed by atoms with E-state index >= 15 is 0 Å². The van der Waals surface area contributed by atoms with Gasteiger partial charge in [-0.1, -0.05) is 35.3 Å². The monoisotopic (exact) mass is 438 g/mol. The molecule has 0 aliphatic rings. The number of nitrogens with one attached hydrogen (secondary N) is 1. The van der Waals surface area contributed by atoms with Crippen LogP contribution in [0.4, 0.5) is 8.87 Å². The molecule has 0 aliphatic carbocycles. The van der Waals surface area contributed by atoms with Gasteiger partial charge in [0.15, 0.2) is 0 Å². The molecule has 162 valence electrons. The van der Waals surface area contributed by atoms with Crippen LogP contribution in [0.25, 0.3) is 0 Å². The molecular weight excluding hydrogens is 414 g/mol. The molecule has 1 aromatic carbocycles. The number of carbonyl (C=O) groups is 1. The zero-order chi connectivity index (χ0) is 22.5. The van der Waals surface area contributed by atoms with Crippen molar-refractivity contribution in [3.63, 3.8) is 0 Å². The van der Waals surface area contributed by atoms with E-state index in [-0.39, 0.29) is 35.5 Å². The van der Waals surface area contributed by atoms with Crippen molar-refractivity contribution in [3.05, 3.63) is 70.8 Å². The molecule has 2 rings (SSSR count). The second kappa shape index (κ2) is 13.3. The van der Waals surface area contributed by atoms with Gasteiger partial charge in [0.1, 0.15) is 11.6 Å². The Balaban J connectivity index is 0.000000325. The second-order valence-electron chi connectivity index (χ2n) is 5.72. The van der Waals surface area contributed by atoms with Crippen LogP contribution in [0.15, 0.2) is 47.9 Å². The van der Waals surface area contributed by atoms with E-state index in [1.54, 1.807) is 31.8 Å². The topological polar surface area (TPSA) is 87.6 Å². The van der Waals surface area contributed by atoms with Gasteiger partial charge >= 0.3 is 0 Å². The number of halogens is 2. The lowest BCUT2D eigenvalue weighted by molar-refractivity contribution is -0.132. The zero-order valence-corrected chi connectivity index (χ0v) is 17.7. The number of carbonyl (C=O) groups excluding carboxylic acids is 1. The third-order valence-corrected chi connectivity index (χ3v) is 4.34. The van der Waals surface area contributed by atoms with E-state index in [2.05, 4.69) is 22.0 Å². The van der Waals surface area contributed by atoms with Gasteiger partial charge in [0.25, 0.3) is 5.88 Å². The Kier molecular flexibility index (Phi) is 11.1. The van der Waals surface area contributed by atoms with E-state index in [4.69, 9.17) is 4.84 Å². The van der Waals surface area contributed by atoms with Crippen molar-refractivity contribution in [1.29, 1.82) is 0 Å². The van der Waals surface area contributed by atoms with E-state index in [1.165, 1.54) is 24.3 Å². The Hall–Kier alpha value is -2.98. The molecule has 2 aromatic rings. The molecule has 0 saturated heterocycles. The maximum absolute atomic E-state index is 12.3. The molecule has 0 atom stereocenters. The number of aromatic hydroxyl groups is 1. The fourth-order valence-electron chi connectivity index (χ4n) is 2.13. The minimum absolute atomic E-state index is 0.00671. The van der Waals surface area contributed by atoms with Crippen LogP contribution < -0.4 is 10.3 Å². The van der Waals surface area contributed by atoms with Gasteiger partial charge in [-0.3, -0.25) is 4.79 Å². The minimum atomic E-state index is -0.379. The summed E-state index contributed by atoms with van der Waals surface area (Å²) < 4.78 is 24.6. The van der Waals surface area contributed by atoms with E-state index in [0.29, 0.717) is 23.5 Å². The molecule has 0 radical (unpaired) electrons. The number of hydroxylamine groups is 1. The molecule has 0 fully saturated rings. The number of hydrogen-bond acceptors (Lipinski definition) is 7. The molecule has 0 aliphatic heterocycles. The Morgan fingerprint density at radius 1 is 1.37 bits per heavy atom. The molecule has 0 saturated carbocycles. The summed E-state index contributed by atoms with van der Waals surface area (Å²) in [4.78, 5) is 24.4. The number of nitrogens with zero attached hydrogens (tertiary/aromatic N) is 3. The average Bonchev–Trinajstić information content (AvgIpc) is 2.73. The molecule has 0 bridgehead atoms. The zero-order valence-electron chi connectivity index (χ0n) is 16.9. The van der Waals surface area contributed by atoms with Crippen LogP contribution in [0.1, 0.15) is 17.1 Å². The molecule has 1 aromatic heterocycles. The van der Waals surface area contributed by atoms with Gasteiger partial charge in [-0.05, 0) is 35.8 Å². The first-order chi connectivity index (χ1) is 14.3. The van der Waals surface area contributed by atoms with Crippen LogP contribution in [-0.4, -0.2) is 39.9 Å². The Bertz CT molecular complexity index is 864. The van der Waals surface area contributed by atoms with Gasteiger partial charge in [-0.2, -0.15) is 15.6 Å². The van der Waals surface area contributed by atoms with Crippen LogP contribution in [-0.2, 0) is 17.8 Å². The van der Waals surface area contributed by atoms with Gasteiger partial charge in [0.2, 0.25) is 12.2 Å². The predicted octanol–water partition coefficient (Wildman–Crippen LogP) is 3.65. The summed E-state index contributed by atoms with van der Waals surface area (Å²) in [6, 6.07) is 5.28. The molecule has 1 amide bonds. The number of thioether (sulfide) groups is 1. The van der Waals surface area contributed by atoms with Crippen LogP contribution in [0.5, 0.6) is 11.6 Å². The quantitative estimate of drug-likeness (QED) is 0.267. The van der Waals surface area contributed by atoms with Crippen LogP contribution in [0, 0.1) is 12.7 Å². The van der Waals surface area contributed by atoms with Crippen LogP contribution in [0.2, 0.25) is 0 Å². The fourth-order valence-corrected chi connectivity index (χ4v) is 2.64. The summed E-state index contributed by atoms with van der Waals surface area (Å²) in [5.41, 5.74) is 3.52. The maximum Gasteiger partial charge on any atom is 0.283 e. The number of aryl methyl sites for hydroxylation is 1. The van der Waals surface area contributed by atoms with Gasteiger partial charge in [-0.25, -0.2) is 9.37 Å². The van der Waals surface area contributed by atoms with Crippen LogP contribution in [0.3, 0.4) is 0 Å². The van der Waals surface area contributed by atoms with Crippen molar-refractivity contribution in [3.8, 4) is 11.6 Å². The smallest absolute Gasteiger partial charge is 0.283 e. The molecule has 7 nitrogen and oxygen atoms in total. The molecule has 2 N–H and O–H groups in total. The lowest BCUT2D eigenvalue weighted by Crippen LogP contribution is -2.14. The van der Waals surface area contributed by atoms with Crippen molar-refractivity contribution in [1.82, 2.24) is 20.6 Å². The largest absolute Gasteiger partial charge is 0.502 e.